The van der Waals surface area contributed by atoms with E-state index in [2.05, 4.69) is 32.9 Å². The minimum atomic E-state index is 0.280. The van der Waals surface area contributed by atoms with E-state index in [0.717, 1.165) is 22.6 Å². The number of carbonyl (C=O) groups excluding carboxylic acids is 1. The molecule has 0 fully saturated rings. The number of hydrogen-bond donors (Lipinski definition) is 0. The number of benzene rings is 1. The minimum absolute atomic E-state index is 0.280. The van der Waals surface area contributed by atoms with E-state index in [0.29, 0.717) is 12.3 Å². The molecule has 0 atom stereocenters. The van der Waals surface area contributed by atoms with Crippen molar-refractivity contribution in [3.05, 3.63) is 29.3 Å². The fraction of sp³-hybridized carbons (Fsp3) is 0.533. The van der Waals surface area contributed by atoms with E-state index in [1.807, 2.05) is 13.0 Å². The zero-order chi connectivity index (χ0) is 12.8. The zero-order valence-electron chi connectivity index (χ0n) is 11.2. The van der Waals surface area contributed by atoms with E-state index in [1.54, 1.807) is 11.8 Å². The van der Waals surface area contributed by atoms with Crippen molar-refractivity contribution >= 4 is 17.5 Å². The monoisotopic (exact) mass is 250 g/mol. The predicted octanol–water partition coefficient (Wildman–Crippen LogP) is 4.73. The van der Waals surface area contributed by atoms with Gasteiger partial charge in [-0.1, -0.05) is 32.4 Å². The molecule has 1 aromatic rings. The number of rotatable bonds is 6. The quantitative estimate of drug-likeness (QED) is 0.536. The minimum Gasteiger partial charge on any atom is -0.294 e. The van der Waals surface area contributed by atoms with Crippen LogP contribution in [0.15, 0.2) is 23.1 Å². The van der Waals surface area contributed by atoms with Crippen LogP contribution in [-0.4, -0.2) is 11.5 Å². The first-order valence-electron chi connectivity index (χ1n) is 6.31. The number of carbonyl (C=O) groups is 1. The third-order valence-electron chi connectivity index (χ3n) is 2.48. The van der Waals surface area contributed by atoms with Gasteiger partial charge in [0.05, 0.1) is 0 Å². The summed E-state index contributed by atoms with van der Waals surface area (Å²) >= 11 is 1.80. The Balaban J connectivity index is 2.91. The van der Waals surface area contributed by atoms with Crippen LogP contribution < -0.4 is 0 Å². The smallest absolute Gasteiger partial charge is 0.163 e. The normalized spacial score (nSPS) is 10.9. The predicted molar refractivity (Wildman–Crippen MR) is 76.0 cm³/mol. The van der Waals surface area contributed by atoms with Gasteiger partial charge in [0.1, 0.15) is 0 Å². The van der Waals surface area contributed by atoms with Crippen molar-refractivity contribution in [2.45, 2.75) is 45.4 Å². The van der Waals surface area contributed by atoms with Gasteiger partial charge in [-0.25, -0.2) is 0 Å². The van der Waals surface area contributed by atoms with Crippen LogP contribution >= 0.6 is 11.8 Å². The summed E-state index contributed by atoms with van der Waals surface area (Å²) in [7, 11) is 0. The lowest BCUT2D eigenvalue weighted by Gasteiger charge is -2.10. The lowest BCUT2D eigenvalue weighted by atomic mass is 10.0. The van der Waals surface area contributed by atoms with Crippen molar-refractivity contribution < 1.29 is 4.79 Å². The molecule has 0 N–H and O–H groups in total. The largest absolute Gasteiger partial charge is 0.294 e. The molecule has 17 heavy (non-hydrogen) atoms. The van der Waals surface area contributed by atoms with Crippen LogP contribution in [-0.2, 0) is 0 Å². The Morgan fingerprint density at radius 2 is 2.06 bits per heavy atom. The lowest BCUT2D eigenvalue weighted by molar-refractivity contribution is 0.0979. The Bertz CT molecular complexity index is 383. The van der Waals surface area contributed by atoms with E-state index in [9.17, 15) is 4.79 Å². The van der Waals surface area contributed by atoms with Gasteiger partial charge in [-0.3, -0.25) is 4.79 Å². The number of Topliss-reactive ketones (excluding diaryl/α,β-unsaturated/α-hetero) is 1. The highest BCUT2D eigenvalue weighted by Crippen LogP contribution is 2.27. The maximum absolute atomic E-state index is 12.0. The molecule has 0 saturated carbocycles. The fourth-order valence-electron chi connectivity index (χ4n) is 1.61. The van der Waals surface area contributed by atoms with Crippen molar-refractivity contribution in [3.8, 4) is 0 Å². The average Bonchev–Trinajstić information content (AvgIpc) is 2.27. The number of ketones is 1. The van der Waals surface area contributed by atoms with Crippen LogP contribution in [0.3, 0.4) is 0 Å². The first-order chi connectivity index (χ1) is 8.04. The van der Waals surface area contributed by atoms with Crippen LogP contribution in [0.4, 0.5) is 0 Å². The maximum Gasteiger partial charge on any atom is 0.163 e. The molecule has 0 amide bonds. The summed E-state index contributed by atoms with van der Waals surface area (Å²) in [4.78, 5) is 13.2. The highest BCUT2D eigenvalue weighted by molar-refractivity contribution is 7.99. The van der Waals surface area contributed by atoms with Crippen molar-refractivity contribution in [3.63, 3.8) is 0 Å². The SMILES string of the molecule is CCCC(=O)c1cc(C)ccc1SCC(C)C. The molecule has 0 aromatic heterocycles. The molecule has 0 radical (unpaired) electrons. The molecule has 2 heteroatoms. The zero-order valence-corrected chi connectivity index (χ0v) is 12.1. The summed E-state index contributed by atoms with van der Waals surface area (Å²) in [5.74, 6) is 1.99. The van der Waals surface area contributed by atoms with E-state index in [1.165, 1.54) is 5.56 Å². The summed E-state index contributed by atoms with van der Waals surface area (Å²) in [6.07, 6.45) is 1.57. The Kier molecular flexibility index (Phi) is 5.76. The molecular formula is C15H22OS. The van der Waals surface area contributed by atoms with Crippen molar-refractivity contribution in [1.82, 2.24) is 0 Å². The molecule has 0 heterocycles. The Hall–Kier alpha value is -0.760. The van der Waals surface area contributed by atoms with Crippen LogP contribution in [0.5, 0.6) is 0 Å². The van der Waals surface area contributed by atoms with Crippen LogP contribution in [0, 0.1) is 12.8 Å². The standard InChI is InChI=1S/C15H22OS/c1-5-6-14(16)13-9-12(4)7-8-15(13)17-10-11(2)3/h7-9,11H,5-6,10H2,1-4H3. The van der Waals surface area contributed by atoms with E-state index >= 15 is 0 Å². The number of hydrogen-bond acceptors (Lipinski definition) is 2. The van der Waals surface area contributed by atoms with Gasteiger partial charge in [-0.05, 0) is 31.4 Å². The van der Waals surface area contributed by atoms with Crippen molar-refractivity contribution in [2.75, 3.05) is 5.75 Å². The van der Waals surface area contributed by atoms with Crippen molar-refractivity contribution in [2.24, 2.45) is 5.92 Å². The van der Waals surface area contributed by atoms with Gasteiger partial charge in [0.2, 0.25) is 0 Å². The average molecular weight is 250 g/mol. The summed E-state index contributed by atoms with van der Waals surface area (Å²) in [6, 6.07) is 6.21. The van der Waals surface area contributed by atoms with E-state index in [-0.39, 0.29) is 5.78 Å². The summed E-state index contributed by atoms with van der Waals surface area (Å²) in [5, 5.41) is 0. The summed E-state index contributed by atoms with van der Waals surface area (Å²) < 4.78 is 0. The second-order valence-electron chi connectivity index (χ2n) is 4.88. The molecule has 0 saturated heterocycles. The molecule has 0 spiro atoms. The molecule has 0 unspecified atom stereocenters. The highest BCUT2D eigenvalue weighted by atomic mass is 32.2. The van der Waals surface area contributed by atoms with E-state index in [4.69, 9.17) is 0 Å². The van der Waals surface area contributed by atoms with Gasteiger partial charge < -0.3 is 0 Å². The molecule has 1 nitrogen and oxygen atoms in total. The van der Waals surface area contributed by atoms with Gasteiger partial charge in [0.25, 0.3) is 0 Å². The molecular weight excluding hydrogens is 228 g/mol. The molecule has 0 bridgehead atoms. The Morgan fingerprint density at radius 3 is 2.65 bits per heavy atom. The maximum atomic E-state index is 12.0. The van der Waals surface area contributed by atoms with Crippen LogP contribution in [0.2, 0.25) is 0 Å². The molecule has 1 aromatic carbocycles. The van der Waals surface area contributed by atoms with Gasteiger partial charge in [-0.15, -0.1) is 11.8 Å². The highest BCUT2D eigenvalue weighted by Gasteiger charge is 2.11. The second kappa shape index (κ2) is 6.85. The Labute approximate surface area is 109 Å². The molecule has 0 aliphatic carbocycles. The van der Waals surface area contributed by atoms with E-state index < -0.39 is 0 Å². The topological polar surface area (TPSA) is 17.1 Å². The first-order valence-corrected chi connectivity index (χ1v) is 7.29. The summed E-state index contributed by atoms with van der Waals surface area (Å²) in [5.41, 5.74) is 2.08. The van der Waals surface area contributed by atoms with Gasteiger partial charge in [-0.2, -0.15) is 0 Å². The van der Waals surface area contributed by atoms with Crippen LogP contribution in [0.25, 0.3) is 0 Å². The molecule has 1 rings (SSSR count). The lowest BCUT2D eigenvalue weighted by Crippen LogP contribution is -2.02. The fourth-order valence-corrected chi connectivity index (χ4v) is 2.61. The first kappa shape index (κ1) is 14.3. The summed E-state index contributed by atoms with van der Waals surface area (Å²) in [6.45, 7) is 8.50. The third-order valence-corrected chi connectivity index (χ3v) is 3.99. The van der Waals surface area contributed by atoms with Gasteiger partial charge >= 0.3 is 0 Å². The van der Waals surface area contributed by atoms with Gasteiger partial charge in [0.15, 0.2) is 5.78 Å². The molecule has 0 aliphatic rings. The number of thioether (sulfide) groups is 1. The second-order valence-corrected chi connectivity index (χ2v) is 5.94. The third kappa shape index (κ3) is 4.55. The molecule has 94 valence electrons. The molecule has 0 aliphatic heterocycles. The Morgan fingerprint density at radius 1 is 1.35 bits per heavy atom. The van der Waals surface area contributed by atoms with Crippen molar-refractivity contribution in [1.29, 1.82) is 0 Å². The van der Waals surface area contributed by atoms with Crippen LogP contribution in [0.1, 0.15) is 49.5 Å². The van der Waals surface area contributed by atoms with Gasteiger partial charge in [0, 0.05) is 22.6 Å². The number of aryl methyl sites for hydroxylation is 1.